The van der Waals surface area contributed by atoms with Crippen molar-refractivity contribution in [1.29, 1.82) is 0 Å². The first-order valence-electron chi connectivity index (χ1n) is 10.3. The second kappa shape index (κ2) is 6.67. The quantitative estimate of drug-likeness (QED) is 0.566. The van der Waals surface area contributed by atoms with Crippen molar-refractivity contribution >= 4 is 11.0 Å². The number of imidazole rings is 1. The Hall–Kier alpha value is -3.19. The molecule has 0 bridgehead atoms. The van der Waals surface area contributed by atoms with Crippen LogP contribution in [0.15, 0.2) is 41.1 Å². The summed E-state index contributed by atoms with van der Waals surface area (Å²) < 4.78 is 14.2. The van der Waals surface area contributed by atoms with Crippen LogP contribution in [0.3, 0.4) is 0 Å². The lowest BCUT2D eigenvalue weighted by Gasteiger charge is -2.29. The smallest absolute Gasteiger partial charge is 0.153 e. The van der Waals surface area contributed by atoms with Gasteiger partial charge in [-0.2, -0.15) is 0 Å². The van der Waals surface area contributed by atoms with Gasteiger partial charge in [-0.15, -0.1) is 0 Å². The first-order chi connectivity index (χ1) is 14.7. The van der Waals surface area contributed by atoms with Gasteiger partial charge in [-0.1, -0.05) is 11.2 Å². The van der Waals surface area contributed by atoms with Gasteiger partial charge in [0.05, 0.1) is 28.4 Å². The summed E-state index contributed by atoms with van der Waals surface area (Å²) in [5, 5.41) is 7.59. The van der Waals surface area contributed by atoms with E-state index >= 15 is 0 Å². The molecule has 0 amide bonds. The number of rotatable bonds is 3. The van der Waals surface area contributed by atoms with E-state index in [-0.39, 0.29) is 6.04 Å². The van der Waals surface area contributed by atoms with Gasteiger partial charge >= 0.3 is 0 Å². The molecule has 3 aromatic heterocycles. The zero-order chi connectivity index (χ0) is 20.2. The van der Waals surface area contributed by atoms with Gasteiger partial charge in [0.1, 0.15) is 29.8 Å². The number of hydrogen-bond donors (Lipinski definition) is 1. The van der Waals surface area contributed by atoms with E-state index in [1.807, 2.05) is 32.2 Å². The molecule has 5 heterocycles. The molecule has 7 heteroatoms. The third kappa shape index (κ3) is 2.51. The van der Waals surface area contributed by atoms with Gasteiger partial charge < -0.3 is 19.1 Å². The Balaban J connectivity index is 1.63. The van der Waals surface area contributed by atoms with E-state index in [1.165, 1.54) is 5.92 Å². The summed E-state index contributed by atoms with van der Waals surface area (Å²) in [7, 11) is 0. The standard InChI is InChI=1S/C23H22N5O2/c1-13-20(14(2)30-27-13)16-6-7-18-21-22(16)29-12-19(17-5-3-4-9-25-17)28(21)23(26-18)15-8-10-24-11-15/h3-7,9,19,24H,8,10-12H2,1-2H3/t19-/m1/s1. The van der Waals surface area contributed by atoms with Crippen LogP contribution >= 0.6 is 0 Å². The highest BCUT2D eigenvalue weighted by Crippen LogP contribution is 2.45. The fraction of sp³-hybridized carbons (Fsp3) is 0.304. The highest BCUT2D eigenvalue weighted by atomic mass is 16.5. The SMILES string of the molecule is Cc1noc(C)c1-c1ccc2nc([C]3CCNC3)n3c2c1OC[C@@H]3c1ccccn1. The van der Waals surface area contributed by atoms with E-state index in [9.17, 15) is 0 Å². The first-order valence-corrected chi connectivity index (χ1v) is 10.3. The number of ether oxygens (including phenoxy) is 1. The second-order valence-corrected chi connectivity index (χ2v) is 7.93. The molecule has 0 unspecified atom stereocenters. The minimum atomic E-state index is -0.0216. The lowest BCUT2D eigenvalue weighted by atomic mass is 10.0. The van der Waals surface area contributed by atoms with Crippen LogP contribution in [0, 0.1) is 19.8 Å². The van der Waals surface area contributed by atoms with E-state index in [0.717, 1.165) is 70.4 Å². The molecule has 0 saturated carbocycles. The summed E-state index contributed by atoms with van der Waals surface area (Å²) in [5.74, 6) is 4.00. The summed E-state index contributed by atoms with van der Waals surface area (Å²) in [6, 6.07) is 10.2. The molecule has 1 atom stereocenters. The van der Waals surface area contributed by atoms with Crippen LogP contribution < -0.4 is 10.1 Å². The van der Waals surface area contributed by atoms with Crippen molar-refractivity contribution in [2.45, 2.75) is 26.3 Å². The average Bonchev–Trinajstić information content (AvgIpc) is 3.50. The van der Waals surface area contributed by atoms with Gasteiger partial charge in [0.2, 0.25) is 0 Å². The molecule has 30 heavy (non-hydrogen) atoms. The van der Waals surface area contributed by atoms with Crippen molar-refractivity contribution in [2.75, 3.05) is 19.7 Å². The highest BCUT2D eigenvalue weighted by molar-refractivity contribution is 5.93. The normalized spacial score (nSPS) is 18.8. The zero-order valence-corrected chi connectivity index (χ0v) is 17.0. The number of benzene rings is 1. The molecule has 0 spiro atoms. The molecule has 7 nitrogen and oxygen atoms in total. The Labute approximate surface area is 174 Å². The Bertz CT molecular complexity index is 1220. The molecule has 1 fully saturated rings. The number of nitrogens with one attached hydrogen (secondary N) is 1. The van der Waals surface area contributed by atoms with Crippen molar-refractivity contribution < 1.29 is 9.26 Å². The van der Waals surface area contributed by atoms with Gasteiger partial charge in [-0.25, -0.2) is 4.98 Å². The van der Waals surface area contributed by atoms with Gasteiger partial charge in [-0.3, -0.25) is 4.98 Å². The van der Waals surface area contributed by atoms with E-state index in [1.54, 1.807) is 0 Å². The van der Waals surface area contributed by atoms with E-state index in [4.69, 9.17) is 14.2 Å². The van der Waals surface area contributed by atoms with Gasteiger partial charge in [0.25, 0.3) is 0 Å². The number of aryl methyl sites for hydroxylation is 2. The first kappa shape index (κ1) is 17.7. The summed E-state index contributed by atoms with van der Waals surface area (Å²) >= 11 is 0. The van der Waals surface area contributed by atoms with Crippen LogP contribution in [-0.2, 0) is 0 Å². The molecule has 6 rings (SSSR count). The maximum absolute atomic E-state index is 6.41. The van der Waals surface area contributed by atoms with Crippen molar-refractivity contribution in [3.63, 3.8) is 0 Å². The molecule has 2 aliphatic heterocycles. The summed E-state index contributed by atoms with van der Waals surface area (Å²) in [6.07, 6.45) is 2.84. The van der Waals surface area contributed by atoms with Gasteiger partial charge in [0, 0.05) is 18.3 Å². The van der Waals surface area contributed by atoms with Crippen LogP contribution in [0.5, 0.6) is 5.75 Å². The Morgan fingerprint density at radius 3 is 2.83 bits per heavy atom. The predicted molar refractivity (Wildman–Crippen MR) is 112 cm³/mol. The van der Waals surface area contributed by atoms with Crippen LogP contribution in [0.25, 0.3) is 22.2 Å². The number of aromatic nitrogens is 4. The van der Waals surface area contributed by atoms with Gasteiger partial charge in [-0.05, 0) is 51.1 Å². The molecular formula is C23H22N5O2. The van der Waals surface area contributed by atoms with E-state index in [0.29, 0.717) is 6.61 Å². The van der Waals surface area contributed by atoms with Crippen molar-refractivity contribution in [3.8, 4) is 16.9 Å². The Morgan fingerprint density at radius 2 is 2.10 bits per heavy atom. The third-order valence-corrected chi connectivity index (χ3v) is 6.09. The van der Waals surface area contributed by atoms with Crippen LogP contribution in [0.2, 0.25) is 0 Å². The summed E-state index contributed by atoms with van der Waals surface area (Å²) in [4.78, 5) is 9.68. The van der Waals surface area contributed by atoms with Crippen molar-refractivity contribution in [2.24, 2.45) is 0 Å². The zero-order valence-electron chi connectivity index (χ0n) is 17.0. The molecular weight excluding hydrogens is 378 g/mol. The number of hydrogen-bond acceptors (Lipinski definition) is 6. The third-order valence-electron chi connectivity index (χ3n) is 6.09. The molecule has 1 aromatic carbocycles. The number of pyridine rings is 1. The minimum Gasteiger partial charge on any atom is -0.488 e. The predicted octanol–water partition coefficient (Wildman–Crippen LogP) is 3.60. The van der Waals surface area contributed by atoms with Crippen molar-refractivity contribution in [3.05, 3.63) is 65.4 Å². The second-order valence-electron chi connectivity index (χ2n) is 7.93. The molecule has 0 aliphatic carbocycles. The minimum absolute atomic E-state index is 0.0216. The fourth-order valence-electron chi connectivity index (χ4n) is 4.71. The average molecular weight is 400 g/mol. The molecule has 1 saturated heterocycles. The molecule has 4 aromatic rings. The molecule has 1 radical (unpaired) electrons. The lowest BCUT2D eigenvalue weighted by molar-refractivity contribution is 0.255. The summed E-state index contributed by atoms with van der Waals surface area (Å²) in [6.45, 7) is 6.26. The Kier molecular flexibility index (Phi) is 3.92. The Morgan fingerprint density at radius 1 is 1.17 bits per heavy atom. The van der Waals surface area contributed by atoms with Gasteiger partial charge in [0.15, 0.2) is 5.75 Å². The monoisotopic (exact) mass is 400 g/mol. The molecule has 151 valence electrons. The topological polar surface area (TPSA) is 78.0 Å². The van der Waals surface area contributed by atoms with Crippen LogP contribution in [-0.4, -0.2) is 39.4 Å². The molecule has 2 aliphatic rings. The van der Waals surface area contributed by atoms with Crippen LogP contribution in [0.1, 0.15) is 35.4 Å². The maximum atomic E-state index is 6.41. The largest absolute Gasteiger partial charge is 0.488 e. The number of nitrogens with zero attached hydrogens (tertiary/aromatic N) is 4. The summed E-state index contributed by atoms with van der Waals surface area (Å²) in [5.41, 5.74) is 5.80. The fourth-order valence-corrected chi connectivity index (χ4v) is 4.71. The molecule has 1 N–H and O–H groups in total. The lowest BCUT2D eigenvalue weighted by Crippen LogP contribution is -2.27. The highest BCUT2D eigenvalue weighted by Gasteiger charge is 2.34. The van der Waals surface area contributed by atoms with Crippen molar-refractivity contribution in [1.82, 2.24) is 25.0 Å². The van der Waals surface area contributed by atoms with Crippen LogP contribution in [0.4, 0.5) is 0 Å². The van der Waals surface area contributed by atoms with E-state index < -0.39 is 0 Å². The van der Waals surface area contributed by atoms with E-state index in [2.05, 4.69) is 38.2 Å². The maximum Gasteiger partial charge on any atom is 0.153 e.